The first-order valence-electron chi connectivity index (χ1n) is 8.17. The summed E-state index contributed by atoms with van der Waals surface area (Å²) in [6.07, 6.45) is 0.0146. The minimum absolute atomic E-state index is 0.0146. The molecule has 1 saturated heterocycles. The molecular weight excluding hydrogens is 337 g/mol. The fraction of sp³-hybridized carbons (Fsp3) is 0.211. The normalized spacial score (nSPS) is 16.8. The second kappa shape index (κ2) is 7.45. The van der Waals surface area contributed by atoms with Gasteiger partial charge < -0.3 is 10.6 Å². The number of anilines is 2. The van der Waals surface area contributed by atoms with Gasteiger partial charge in [-0.25, -0.2) is 9.29 Å². The van der Waals surface area contributed by atoms with Crippen LogP contribution in [0.2, 0.25) is 0 Å². The number of carbonyl (C=O) groups excluding carboxylic acids is 3. The van der Waals surface area contributed by atoms with Gasteiger partial charge >= 0.3 is 0 Å². The highest BCUT2D eigenvalue weighted by molar-refractivity contribution is 6.22. The topological polar surface area (TPSA) is 78.5 Å². The maximum atomic E-state index is 13.7. The molecule has 0 radical (unpaired) electrons. The Hall–Kier alpha value is -3.06. The number of halogens is 1. The van der Waals surface area contributed by atoms with Crippen LogP contribution in [0.5, 0.6) is 0 Å². The van der Waals surface area contributed by atoms with Crippen LogP contribution in [0.1, 0.15) is 18.9 Å². The van der Waals surface area contributed by atoms with Crippen molar-refractivity contribution in [2.75, 3.05) is 10.2 Å². The number of amides is 3. The fourth-order valence-corrected chi connectivity index (χ4v) is 2.83. The van der Waals surface area contributed by atoms with Crippen LogP contribution in [0, 0.1) is 5.82 Å². The van der Waals surface area contributed by atoms with E-state index in [0.29, 0.717) is 16.9 Å². The van der Waals surface area contributed by atoms with Crippen molar-refractivity contribution in [3.05, 3.63) is 59.9 Å². The molecule has 0 spiro atoms. The molecule has 2 aromatic carbocycles. The molecule has 0 bridgehead atoms. The van der Waals surface area contributed by atoms with Crippen LogP contribution in [0.25, 0.3) is 0 Å². The molecule has 3 rings (SSSR count). The second-order valence-electron chi connectivity index (χ2n) is 6.02. The van der Waals surface area contributed by atoms with Crippen molar-refractivity contribution in [2.45, 2.75) is 25.9 Å². The van der Waals surface area contributed by atoms with Crippen molar-refractivity contribution in [3.8, 4) is 0 Å². The molecule has 0 saturated carbocycles. The van der Waals surface area contributed by atoms with Crippen molar-refractivity contribution in [3.63, 3.8) is 0 Å². The number of nitrogens with zero attached hydrogens (tertiary/aromatic N) is 1. The Morgan fingerprint density at radius 1 is 1.15 bits per heavy atom. The highest BCUT2D eigenvalue weighted by Gasteiger charge is 2.39. The maximum Gasteiger partial charge on any atom is 0.251 e. The summed E-state index contributed by atoms with van der Waals surface area (Å²) in [5.74, 6) is -1.27. The van der Waals surface area contributed by atoms with E-state index in [0.717, 1.165) is 4.90 Å². The van der Waals surface area contributed by atoms with Gasteiger partial charge in [0.2, 0.25) is 11.8 Å². The van der Waals surface area contributed by atoms with Gasteiger partial charge in [0, 0.05) is 24.7 Å². The standard InChI is InChI=1S/C19H18FN3O3/c1-12(24)22-14-6-8-15(9-7-14)23-18(25)10-17(19(23)26)21-11-13-4-2-3-5-16(13)20/h2-9,17,21H,10-11H2,1H3,(H,22,24)/t17-/m0/s1. The van der Waals surface area contributed by atoms with E-state index >= 15 is 0 Å². The average molecular weight is 355 g/mol. The van der Waals surface area contributed by atoms with Crippen LogP contribution < -0.4 is 15.5 Å². The van der Waals surface area contributed by atoms with Crippen LogP contribution in [0.4, 0.5) is 15.8 Å². The van der Waals surface area contributed by atoms with E-state index in [-0.39, 0.29) is 36.5 Å². The van der Waals surface area contributed by atoms with Crippen molar-refractivity contribution in [1.29, 1.82) is 0 Å². The number of nitrogens with one attached hydrogen (secondary N) is 2. The Labute approximate surface area is 150 Å². The summed E-state index contributed by atoms with van der Waals surface area (Å²) in [5.41, 5.74) is 1.45. The molecule has 0 aliphatic carbocycles. The molecule has 2 N–H and O–H groups in total. The summed E-state index contributed by atoms with van der Waals surface area (Å²) < 4.78 is 13.7. The summed E-state index contributed by atoms with van der Waals surface area (Å²) in [6, 6.07) is 12.0. The van der Waals surface area contributed by atoms with E-state index in [1.54, 1.807) is 42.5 Å². The third kappa shape index (κ3) is 3.78. The summed E-state index contributed by atoms with van der Waals surface area (Å²) >= 11 is 0. The first kappa shape index (κ1) is 17.8. The SMILES string of the molecule is CC(=O)Nc1ccc(N2C(=O)C[C@H](NCc3ccccc3F)C2=O)cc1. The molecule has 0 aromatic heterocycles. The maximum absolute atomic E-state index is 13.7. The molecule has 1 heterocycles. The lowest BCUT2D eigenvalue weighted by atomic mass is 10.2. The van der Waals surface area contributed by atoms with Crippen molar-refractivity contribution in [2.24, 2.45) is 0 Å². The van der Waals surface area contributed by atoms with Gasteiger partial charge in [0.15, 0.2) is 0 Å². The number of rotatable bonds is 5. The zero-order chi connectivity index (χ0) is 18.7. The van der Waals surface area contributed by atoms with Gasteiger partial charge in [-0.05, 0) is 30.3 Å². The Balaban J connectivity index is 1.68. The minimum Gasteiger partial charge on any atom is -0.326 e. The lowest BCUT2D eigenvalue weighted by Crippen LogP contribution is -2.38. The zero-order valence-electron chi connectivity index (χ0n) is 14.2. The quantitative estimate of drug-likeness (QED) is 0.806. The van der Waals surface area contributed by atoms with Crippen LogP contribution >= 0.6 is 0 Å². The van der Waals surface area contributed by atoms with Gasteiger partial charge in [-0.3, -0.25) is 14.4 Å². The van der Waals surface area contributed by atoms with E-state index in [1.807, 2.05) is 0 Å². The first-order chi connectivity index (χ1) is 12.5. The number of benzene rings is 2. The Morgan fingerprint density at radius 3 is 2.50 bits per heavy atom. The van der Waals surface area contributed by atoms with Crippen molar-refractivity contribution in [1.82, 2.24) is 5.32 Å². The van der Waals surface area contributed by atoms with Crippen LogP contribution in [-0.4, -0.2) is 23.8 Å². The van der Waals surface area contributed by atoms with Gasteiger partial charge in [-0.1, -0.05) is 18.2 Å². The van der Waals surface area contributed by atoms with E-state index in [1.165, 1.54) is 13.0 Å². The van der Waals surface area contributed by atoms with E-state index in [9.17, 15) is 18.8 Å². The Bertz CT molecular complexity index is 851. The van der Waals surface area contributed by atoms with Crippen LogP contribution in [0.3, 0.4) is 0 Å². The van der Waals surface area contributed by atoms with Crippen molar-refractivity contribution >= 4 is 29.1 Å². The summed E-state index contributed by atoms with van der Waals surface area (Å²) in [5, 5.41) is 5.57. The van der Waals surface area contributed by atoms with Crippen LogP contribution in [-0.2, 0) is 20.9 Å². The highest BCUT2D eigenvalue weighted by atomic mass is 19.1. The molecule has 2 aromatic rings. The second-order valence-corrected chi connectivity index (χ2v) is 6.02. The Morgan fingerprint density at radius 2 is 1.85 bits per heavy atom. The molecule has 1 aliphatic rings. The lowest BCUT2D eigenvalue weighted by molar-refractivity contribution is -0.121. The minimum atomic E-state index is -0.697. The molecule has 1 atom stereocenters. The molecule has 1 fully saturated rings. The number of carbonyl (C=O) groups is 3. The van der Waals surface area contributed by atoms with Gasteiger partial charge in [-0.15, -0.1) is 0 Å². The molecule has 3 amide bonds. The molecular formula is C19H18FN3O3. The van der Waals surface area contributed by atoms with E-state index in [2.05, 4.69) is 10.6 Å². The third-order valence-electron chi connectivity index (χ3n) is 4.09. The molecule has 1 aliphatic heterocycles. The third-order valence-corrected chi connectivity index (χ3v) is 4.09. The smallest absolute Gasteiger partial charge is 0.251 e. The molecule has 0 unspecified atom stereocenters. The molecule has 6 nitrogen and oxygen atoms in total. The van der Waals surface area contributed by atoms with Crippen molar-refractivity contribution < 1.29 is 18.8 Å². The van der Waals surface area contributed by atoms with Gasteiger partial charge in [0.05, 0.1) is 18.2 Å². The molecule has 26 heavy (non-hydrogen) atoms. The van der Waals surface area contributed by atoms with E-state index < -0.39 is 6.04 Å². The first-order valence-corrected chi connectivity index (χ1v) is 8.17. The fourth-order valence-electron chi connectivity index (χ4n) is 2.83. The van der Waals surface area contributed by atoms with Gasteiger partial charge in [-0.2, -0.15) is 0 Å². The monoisotopic (exact) mass is 355 g/mol. The predicted octanol–water partition coefficient (Wildman–Crippen LogP) is 2.21. The highest BCUT2D eigenvalue weighted by Crippen LogP contribution is 2.24. The zero-order valence-corrected chi connectivity index (χ0v) is 14.2. The van der Waals surface area contributed by atoms with Gasteiger partial charge in [0.1, 0.15) is 5.82 Å². The largest absolute Gasteiger partial charge is 0.326 e. The molecule has 134 valence electrons. The number of hydrogen-bond acceptors (Lipinski definition) is 4. The predicted molar refractivity (Wildman–Crippen MR) is 94.9 cm³/mol. The Kier molecular flexibility index (Phi) is 5.09. The van der Waals surface area contributed by atoms with E-state index in [4.69, 9.17) is 0 Å². The molecule has 7 heteroatoms. The summed E-state index contributed by atoms with van der Waals surface area (Å²) in [7, 11) is 0. The summed E-state index contributed by atoms with van der Waals surface area (Å²) in [4.78, 5) is 37.0. The van der Waals surface area contributed by atoms with Crippen LogP contribution in [0.15, 0.2) is 48.5 Å². The average Bonchev–Trinajstić information content (AvgIpc) is 2.88. The van der Waals surface area contributed by atoms with Gasteiger partial charge in [0.25, 0.3) is 5.91 Å². The number of imide groups is 1. The summed E-state index contributed by atoms with van der Waals surface area (Å²) in [6.45, 7) is 1.55. The number of hydrogen-bond donors (Lipinski definition) is 2. The lowest BCUT2D eigenvalue weighted by Gasteiger charge is -2.16.